The molecule has 1 aromatic carbocycles. The number of nitrogens with one attached hydrogen (secondary N) is 1. The molecule has 1 fully saturated rings. The molecular weight excluding hydrogens is 235 g/mol. The Morgan fingerprint density at radius 1 is 1.35 bits per heavy atom. The summed E-state index contributed by atoms with van der Waals surface area (Å²) in [6.45, 7) is 5.09. The topological polar surface area (TPSA) is 24.4 Å². The van der Waals surface area contributed by atoms with Gasteiger partial charge in [-0.1, -0.05) is 23.9 Å². The van der Waals surface area contributed by atoms with E-state index in [1.807, 2.05) is 12.1 Å². The first-order chi connectivity index (χ1) is 8.05. The summed E-state index contributed by atoms with van der Waals surface area (Å²) < 4.78 is 12.7. The molecule has 1 saturated heterocycles. The zero-order valence-corrected chi connectivity index (χ0v) is 11.0. The Balaban J connectivity index is 1.84. The number of halogens is 1. The van der Waals surface area contributed by atoms with E-state index in [0.717, 1.165) is 29.4 Å². The maximum Gasteiger partial charge on any atom is 0.157 e. The van der Waals surface area contributed by atoms with Gasteiger partial charge in [0.05, 0.1) is 0 Å². The molecule has 1 aromatic rings. The minimum Gasteiger partial charge on any atom is -0.359 e. The van der Waals surface area contributed by atoms with Crippen LogP contribution in [0.5, 0.6) is 0 Å². The van der Waals surface area contributed by atoms with Crippen LogP contribution in [0.25, 0.3) is 0 Å². The van der Waals surface area contributed by atoms with Crippen molar-refractivity contribution >= 4 is 16.9 Å². The Labute approximate surface area is 106 Å². The van der Waals surface area contributed by atoms with Gasteiger partial charge in [-0.15, -0.1) is 0 Å². The minimum atomic E-state index is -0.185. The van der Waals surface area contributed by atoms with Gasteiger partial charge >= 0.3 is 0 Å². The molecule has 0 unspecified atom stereocenters. The highest BCUT2D eigenvalue weighted by Crippen LogP contribution is 2.21. The van der Waals surface area contributed by atoms with Gasteiger partial charge in [0, 0.05) is 17.8 Å². The van der Waals surface area contributed by atoms with Crippen molar-refractivity contribution in [3.05, 3.63) is 35.6 Å². The SMILES string of the molecule is CC1(C)CSC(=NCCc2ccc(F)cc2)N1. The fourth-order valence-electron chi connectivity index (χ4n) is 1.63. The van der Waals surface area contributed by atoms with E-state index in [-0.39, 0.29) is 11.4 Å². The second-order valence-electron chi connectivity index (χ2n) is 4.86. The molecule has 1 aliphatic heterocycles. The number of hydrogen-bond donors (Lipinski definition) is 1. The van der Waals surface area contributed by atoms with Gasteiger partial charge in [0.15, 0.2) is 5.17 Å². The Bertz CT molecular complexity index is 412. The quantitative estimate of drug-likeness (QED) is 0.894. The van der Waals surface area contributed by atoms with Gasteiger partial charge in [0.2, 0.25) is 0 Å². The third kappa shape index (κ3) is 3.73. The van der Waals surface area contributed by atoms with E-state index in [2.05, 4.69) is 24.2 Å². The predicted octanol–water partition coefficient (Wildman–Crippen LogP) is 2.84. The Kier molecular flexibility index (Phi) is 3.72. The molecule has 0 saturated carbocycles. The second kappa shape index (κ2) is 5.08. The van der Waals surface area contributed by atoms with E-state index in [9.17, 15) is 4.39 Å². The van der Waals surface area contributed by atoms with E-state index in [0.29, 0.717) is 0 Å². The summed E-state index contributed by atoms with van der Waals surface area (Å²) in [5.41, 5.74) is 1.28. The minimum absolute atomic E-state index is 0.152. The van der Waals surface area contributed by atoms with Crippen molar-refractivity contribution in [2.24, 2.45) is 4.99 Å². The standard InChI is InChI=1S/C13H17FN2S/c1-13(2)9-17-12(16-13)15-8-7-10-3-5-11(14)6-4-10/h3-6H,7-9H2,1-2H3,(H,15,16). The third-order valence-corrected chi connectivity index (χ3v) is 3.95. The van der Waals surface area contributed by atoms with Gasteiger partial charge in [-0.2, -0.15) is 0 Å². The van der Waals surface area contributed by atoms with Crippen molar-refractivity contribution in [3.63, 3.8) is 0 Å². The molecule has 2 rings (SSSR count). The van der Waals surface area contributed by atoms with Crippen LogP contribution in [0, 0.1) is 5.82 Å². The highest BCUT2D eigenvalue weighted by Gasteiger charge is 2.26. The smallest absolute Gasteiger partial charge is 0.157 e. The summed E-state index contributed by atoms with van der Waals surface area (Å²) in [4.78, 5) is 4.51. The molecule has 1 N–H and O–H groups in total. The van der Waals surface area contributed by atoms with Crippen LogP contribution in [0.3, 0.4) is 0 Å². The molecule has 4 heteroatoms. The summed E-state index contributed by atoms with van der Waals surface area (Å²) in [5.74, 6) is 0.873. The summed E-state index contributed by atoms with van der Waals surface area (Å²) in [6.07, 6.45) is 0.854. The van der Waals surface area contributed by atoms with Crippen molar-refractivity contribution in [2.75, 3.05) is 12.3 Å². The number of benzene rings is 1. The molecule has 0 aromatic heterocycles. The summed E-state index contributed by atoms with van der Waals surface area (Å²) >= 11 is 1.77. The Morgan fingerprint density at radius 2 is 2.06 bits per heavy atom. The predicted molar refractivity (Wildman–Crippen MR) is 72.1 cm³/mol. The molecule has 1 heterocycles. The molecule has 17 heavy (non-hydrogen) atoms. The van der Waals surface area contributed by atoms with Crippen molar-refractivity contribution in [3.8, 4) is 0 Å². The van der Waals surface area contributed by atoms with Crippen LogP contribution in [-0.4, -0.2) is 23.0 Å². The van der Waals surface area contributed by atoms with Gasteiger partial charge < -0.3 is 5.32 Å². The fourth-order valence-corrected chi connectivity index (χ4v) is 2.73. The zero-order chi connectivity index (χ0) is 12.3. The van der Waals surface area contributed by atoms with Crippen molar-refractivity contribution in [1.82, 2.24) is 5.32 Å². The highest BCUT2D eigenvalue weighted by atomic mass is 32.2. The van der Waals surface area contributed by atoms with Crippen LogP contribution in [0.1, 0.15) is 19.4 Å². The van der Waals surface area contributed by atoms with Gasteiger partial charge in [-0.3, -0.25) is 4.99 Å². The first-order valence-electron chi connectivity index (χ1n) is 5.75. The number of thioether (sulfide) groups is 1. The normalized spacial score (nSPS) is 20.5. The largest absolute Gasteiger partial charge is 0.359 e. The van der Waals surface area contributed by atoms with Crippen LogP contribution < -0.4 is 5.32 Å². The van der Waals surface area contributed by atoms with Crippen molar-refractivity contribution in [2.45, 2.75) is 25.8 Å². The van der Waals surface area contributed by atoms with Crippen molar-refractivity contribution < 1.29 is 4.39 Å². The molecule has 0 atom stereocenters. The van der Waals surface area contributed by atoms with Gasteiger partial charge in [-0.25, -0.2) is 4.39 Å². The van der Waals surface area contributed by atoms with E-state index in [1.54, 1.807) is 11.8 Å². The lowest BCUT2D eigenvalue weighted by Gasteiger charge is -2.15. The molecule has 1 aliphatic rings. The number of aliphatic imine (C=N–C) groups is 1. The second-order valence-corrected chi connectivity index (χ2v) is 5.82. The number of rotatable bonds is 3. The summed E-state index contributed by atoms with van der Waals surface area (Å²) in [7, 11) is 0. The maximum atomic E-state index is 12.7. The van der Waals surface area contributed by atoms with E-state index >= 15 is 0 Å². The van der Waals surface area contributed by atoms with Gasteiger partial charge in [-0.05, 0) is 38.0 Å². The average molecular weight is 252 g/mol. The van der Waals surface area contributed by atoms with Crippen LogP contribution in [0.15, 0.2) is 29.3 Å². The zero-order valence-electron chi connectivity index (χ0n) is 10.2. The molecular formula is C13H17FN2S. The molecule has 0 spiro atoms. The van der Waals surface area contributed by atoms with E-state index < -0.39 is 0 Å². The van der Waals surface area contributed by atoms with Crippen LogP contribution in [0.4, 0.5) is 4.39 Å². The lowest BCUT2D eigenvalue weighted by atomic mass is 10.1. The number of nitrogens with zero attached hydrogens (tertiary/aromatic N) is 1. The molecule has 0 bridgehead atoms. The van der Waals surface area contributed by atoms with Crippen LogP contribution in [0.2, 0.25) is 0 Å². The van der Waals surface area contributed by atoms with Gasteiger partial charge in [0.1, 0.15) is 5.82 Å². The summed E-state index contributed by atoms with van der Waals surface area (Å²) in [6, 6.07) is 6.62. The van der Waals surface area contributed by atoms with E-state index in [4.69, 9.17) is 0 Å². The van der Waals surface area contributed by atoms with Gasteiger partial charge in [0.25, 0.3) is 0 Å². The first-order valence-corrected chi connectivity index (χ1v) is 6.74. The fraction of sp³-hybridized carbons (Fsp3) is 0.462. The monoisotopic (exact) mass is 252 g/mol. The molecule has 92 valence electrons. The molecule has 0 amide bonds. The summed E-state index contributed by atoms with van der Waals surface area (Å²) in [5, 5.41) is 4.40. The molecule has 0 radical (unpaired) electrons. The molecule has 2 nitrogen and oxygen atoms in total. The van der Waals surface area contributed by atoms with Crippen LogP contribution >= 0.6 is 11.8 Å². The van der Waals surface area contributed by atoms with Crippen LogP contribution in [-0.2, 0) is 6.42 Å². The first kappa shape index (κ1) is 12.4. The lowest BCUT2D eigenvalue weighted by Crippen LogP contribution is -2.36. The number of hydrogen-bond acceptors (Lipinski definition) is 2. The molecule has 0 aliphatic carbocycles. The average Bonchev–Trinajstić information content (AvgIpc) is 2.61. The Hall–Kier alpha value is -1.03. The Morgan fingerprint density at radius 3 is 2.65 bits per heavy atom. The maximum absolute atomic E-state index is 12.7. The lowest BCUT2D eigenvalue weighted by molar-refractivity contribution is 0.536. The van der Waals surface area contributed by atoms with Crippen molar-refractivity contribution in [1.29, 1.82) is 0 Å². The third-order valence-electron chi connectivity index (χ3n) is 2.58. The van der Waals surface area contributed by atoms with E-state index in [1.165, 1.54) is 12.1 Å². The number of amidine groups is 1. The highest BCUT2D eigenvalue weighted by molar-refractivity contribution is 8.14.